The predicted molar refractivity (Wildman–Crippen MR) is 82.5 cm³/mol. The summed E-state index contributed by atoms with van der Waals surface area (Å²) in [5.74, 6) is 0. The van der Waals surface area contributed by atoms with Gasteiger partial charge in [0.2, 0.25) is 0 Å². The molecule has 20 heavy (non-hydrogen) atoms. The molecule has 0 bridgehead atoms. The van der Waals surface area contributed by atoms with E-state index in [4.69, 9.17) is 0 Å². The van der Waals surface area contributed by atoms with Crippen molar-refractivity contribution in [3.05, 3.63) is 0 Å². The van der Waals surface area contributed by atoms with E-state index in [0.717, 1.165) is 45.3 Å². The third-order valence-electron chi connectivity index (χ3n) is 5.32. The van der Waals surface area contributed by atoms with Crippen LogP contribution >= 0.6 is 0 Å². The zero-order chi connectivity index (χ0) is 14.8. The van der Waals surface area contributed by atoms with Gasteiger partial charge in [0.15, 0.2) is 0 Å². The van der Waals surface area contributed by atoms with Crippen molar-refractivity contribution in [3.63, 3.8) is 0 Å². The van der Waals surface area contributed by atoms with E-state index >= 15 is 0 Å². The summed E-state index contributed by atoms with van der Waals surface area (Å²) >= 11 is 0. The SMILES string of the molecule is CCCNC1(C#N)CCC(N2CC(C)N(C)C(C)C2)C1. The normalized spacial score (nSPS) is 39.9. The molecule has 0 aromatic carbocycles. The van der Waals surface area contributed by atoms with Gasteiger partial charge in [-0.05, 0) is 53.1 Å². The Morgan fingerprint density at radius 3 is 2.50 bits per heavy atom. The number of hydrogen-bond donors (Lipinski definition) is 1. The summed E-state index contributed by atoms with van der Waals surface area (Å²) in [5.41, 5.74) is -0.267. The van der Waals surface area contributed by atoms with Gasteiger partial charge in [0.05, 0.1) is 6.07 Å². The molecule has 1 N–H and O–H groups in total. The molecule has 4 heteroatoms. The van der Waals surface area contributed by atoms with Crippen molar-refractivity contribution in [1.82, 2.24) is 15.1 Å². The lowest BCUT2D eigenvalue weighted by Gasteiger charge is -2.45. The Morgan fingerprint density at radius 2 is 1.95 bits per heavy atom. The second kappa shape index (κ2) is 6.43. The highest BCUT2D eigenvalue weighted by atomic mass is 15.3. The molecule has 0 aromatic heterocycles. The molecule has 1 aliphatic carbocycles. The van der Waals surface area contributed by atoms with Gasteiger partial charge < -0.3 is 0 Å². The van der Waals surface area contributed by atoms with Crippen molar-refractivity contribution in [3.8, 4) is 6.07 Å². The van der Waals surface area contributed by atoms with E-state index in [1.165, 1.54) is 0 Å². The van der Waals surface area contributed by atoms with Gasteiger partial charge in [-0.1, -0.05) is 6.92 Å². The lowest BCUT2D eigenvalue weighted by molar-refractivity contribution is 0.0339. The van der Waals surface area contributed by atoms with Crippen LogP contribution in [-0.2, 0) is 0 Å². The van der Waals surface area contributed by atoms with Crippen LogP contribution in [0.2, 0.25) is 0 Å². The van der Waals surface area contributed by atoms with Gasteiger partial charge in [-0.25, -0.2) is 0 Å². The third-order valence-corrected chi connectivity index (χ3v) is 5.32. The fourth-order valence-electron chi connectivity index (χ4n) is 3.74. The van der Waals surface area contributed by atoms with Crippen molar-refractivity contribution in [2.45, 2.75) is 70.1 Å². The molecule has 4 atom stereocenters. The zero-order valence-corrected chi connectivity index (χ0v) is 13.5. The average Bonchev–Trinajstić information content (AvgIpc) is 2.87. The zero-order valence-electron chi connectivity index (χ0n) is 13.5. The summed E-state index contributed by atoms with van der Waals surface area (Å²) in [5, 5.41) is 13.1. The first-order valence-corrected chi connectivity index (χ1v) is 8.13. The molecule has 2 fully saturated rings. The first kappa shape index (κ1) is 15.8. The molecule has 1 aliphatic heterocycles. The molecule has 0 spiro atoms. The maximum atomic E-state index is 9.57. The highest BCUT2D eigenvalue weighted by Gasteiger charge is 2.42. The van der Waals surface area contributed by atoms with Crippen LogP contribution in [0.15, 0.2) is 0 Å². The van der Waals surface area contributed by atoms with Gasteiger partial charge in [-0.15, -0.1) is 0 Å². The topological polar surface area (TPSA) is 42.3 Å². The maximum Gasteiger partial charge on any atom is 0.108 e. The Balaban J connectivity index is 1.97. The van der Waals surface area contributed by atoms with Crippen LogP contribution < -0.4 is 5.32 Å². The van der Waals surface area contributed by atoms with E-state index in [0.29, 0.717) is 18.1 Å². The van der Waals surface area contributed by atoms with Gasteiger partial charge in [-0.3, -0.25) is 15.1 Å². The molecule has 2 rings (SSSR count). The standard InChI is InChI=1S/C16H30N4/c1-5-8-18-16(12-17)7-6-15(9-16)20-10-13(2)19(4)14(3)11-20/h13-15,18H,5-11H2,1-4H3. The van der Waals surface area contributed by atoms with Crippen LogP contribution in [0.25, 0.3) is 0 Å². The van der Waals surface area contributed by atoms with E-state index in [1.807, 2.05) is 0 Å². The molecule has 4 nitrogen and oxygen atoms in total. The first-order chi connectivity index (χ1) is 9.51. The summed E-state index contributed by atoms with van der Waals surface area (Å²) in [6.07, 6.45) is 4.25. The Hall–Kier alpha value is -0.630. The van der Waals surface area contributed by atoms with Crippen molar-refractivity contribution in [2.75, 3.05) is 26.7 Å². The van der Waals surface area contributed by atoms with Gasteiger partial charge in [-0.2, -0.15) is 5.26 Å². The van der Waals surface area contributed by atoms with Gasteiger partial charge in [0.25, 0.3) is 0 Å². The highest BCUT2D eigenvalue weighted by molar-refractivity contribution is 5.13. The fraction of sp³-hybridized carbons (Fsp3) is 0.938. The first-order valence-electron chi connectivity index (χ1n) is 8.13. The molecule has 4 unspecified atom stereocenters. The van der Waals surface area contributed by atoms with Gasteiger partial charge in [0.1, 0.15) is 5.54 Å². The van der Waals surface area contributed by atoms with E-state index in [-0.39, 0.29) is 5.54 Å². The van der Waals surface area contributed by atoms with Crippen LogP contribution in [0.5, 0.6) is 0 Å². The van der Waals surface area contributed by atoms with E-state index in [2.05, 4.69) is 49.0 Å². The largest absolute Gasteiger partial charge is 0.299 e. The summed E-state index contributed by atoms with van der Waals surface area (Å²) in [7, 11) is 2.23. The van der Waals surface area contributed by atoms with Crippen LogP contribution in [0.1, 0.15) is 46.5 Å². The molecule has 1 saturated carbocycles. The van der Waals surface area contributed by atoms with Crippen LogP contribution in [0, 0.1) is 11.3 Å². The second-order valence-electron chi connectivity index (χ2n) is 6.83. The minimum atomic E-state index is -0.267. The number of piperazine rings is 1. The maximum absolute atomic E-state index is 9.57. The molecular formula is C16H30N4. The molecule has 0 radical (unpaired) electrons. The molecule has 1 heterocycles. The van der Waals surface area contributed by atoms with E-state index in [9.17, 15) is 5.26 Å². The summed E-state index contributed by atoms with van der Waals surface area (Å²) in [6.45, 7) is 10.0. The average molecular weight is 278 g/mol. The number of nitrogens with one attached hydrogen (secondary N) is 1. The number of rotatable bonds is 4. The lowest BCUT2D eigenvalue weighted by Crippen LogP contribution is -2.57. The van der Waals surface area contributed by atoms with Crippen molar-refractivity contribution in [2.24, 2.45) is 0 Å². The monoisotopic (exact) mass is 278 g/mol. The summed E-state index contributed by atoms with van der Waals surface area (Å²) < 4.78 is 0. The van der Waals surface area contributed by atoms with Crippen LogP contribution in [0.4, 0.5) is 0 Å². The van der Waals surface area contributed by atoms with Crippen molar-refractivity contribution < 1.29 is 0 Å². The third kappa shape index (κ3) is 3.16. The number of nitrogens with zero attached hydrogens (tertiary/aromatic N) is 3. The van der Waals surface area contributed by atoms with Gasteiger partial charge in [0, 0.05) is 31.2 Å². The quantitative estimate of drug-likeness (QED) is 0.852. The van der Waals surface area contributed by atoms with E-state index < -0.39 is 0 Å². The number of likely N-dealkylation sites (N-methyl/N-ethyl adjacent to an activating group) is 1. The molecule has 0 amide bonds. The smallest absolute Gasteiger partial charge is 0.108 e. The molecule has 114 valence electrons. The van der Waals surface area contributed by atoms with Crippen LogP contribution in [0.3, 0.4) is 0 Å². The van der Waals surface area contributed by atoms with Gasteiger partial charge >= 0.3 is 0 Å². The lowest BCUT2D eigenvalue weighted by atomic mass is 9.98. The van der Waals surface area contributed by atoms with E-state index in [1.54, 1.807) is 0 Å². The molecule has 1 saturated heterocycles. The fourth-order valence-corrected chi connectivity index (χ4v) is 3.74. The Bertz CT molecular complexity index is 352. The number of hydrogen-bond acceptors (Lipinski definition) is 4. The molecule has 2 aliphatic rings. The summed E-state index contributed by atoms with van der Waals surface area (Å²) in [4.78, 5) is 5.10. The molecular weight excluding hydrogens is 248 g/mol. The number of nitriles is 1. The Labute approximate surface area is 124 Å². The van der Waals surface area contributed by atoms with Crippen LogP contribution in [-0.4, -0.2) is 60.1 Å². The minimum Gasteiger partial charge on any atom is -0.299 e. The Kier molecular flexibility index (Phi) is 5.06. The highest BCUT2D eigenvalue weighted by Crippen LogP contribution is 2.34. The predicted octanol–water partition coefficient (Wildman–Crippen LogP) is 1.83. The molecule has 0 aromatic rings. The summed E-state index contributed by atoms with van der Waals surface area (Å²) in [6, 6.07) is 4.37. The Morgan fingerprint density at radius 1 is 1.30 bits per heavy atom. The second-order valence-corrected chi connectivity index (χ2v) is 6.83. The van der Waals surface area contributed by atoms with Crippen molar-refractivity contribution >= 4 is 0 Å². The minimum absolute atomic E-state index is 0.267. The van der Waals surface area contributed by atoms with Crippen molar-refractivity contribution in [1.29, 1.82) is 5.26 Å².